The van der Waals surface area contributed by atoms with Crippen LogP contribution in [0, 0.1) is 0 Å². The maximum Gasteiger partial charge on any atom is 0.276 e. The van der Waals surface area contributed by atoms with Crippen LogP contribution in [0.25, 0.3) is 11.3 Å². The summed E-state index contributed by atoms with van der Waals surface area (Å²) in [5.74, 6) is 0.869. The zero-order valence-corrected chi connectivity index (χ0v) is 12.3. The molecule has 2 heterocycles. The van der Waals surface area contributed by atoms with Crippen LogP contribution in [0.15, 0.2) is 36.4 Å². The van der Waals surface area contributed by atoms with Gasteiger partial charge in [0.15, 0.2) is 0 Å². The number of H-pyrrole nitrogens is 2. The summed E-state index contributed by atoms with van der Waals surface area (Å²) in [4.78, 5) is 16.4. The number of hydrogen-bond acceptors (Lipinski definition) is 4. The lowest BCUT2D eigenvalue weighted by Gasteiger charge is -1.97. The highest BCUT2D eigenvalue weighted by Crippen LogP contribution is 2.17. The van der Waals surface area contributed by atoms with Crippen molar-refractivity contribution < 1.29 is 4.79 Å². The number of benzene rings is 1. The normalized spacial score (nSPS) is 10.9. The first kappa shape index (κ1) is 14.0. The second-order valence-corrected chi connectivity index (χ2v) is 5.19. The molecule has 7 nitrogen and oxygen atoms in total. The molecule has 1 amide bonds. The number of carbonyl (C=O) groups is 1. The summed E-state index contributed by atoms with van der Waals surface area (Å²) < 4.78 is 0. The molecule has 2 aromatic heterocycles. The maximum atomic E-state index is 12.2. The average Bonchev–Trinajstić information content (AvgIpc) is 3.17. The predicted octanol–water partition coefficient (Wildman–Crippen LogP) is 2.57. The van der Waals surface area contributed by atoms with Gasteiger partial charge in [0.1, 0.15) is 11.5 Å². The maximum absolute atomic E-state index is 12.2. The number of amides is 1. The fourth-order valence-corrected chi connectivity index (χ4v) is 1.95. The molecule has 0 spiro atoms. The van der Waals surface area contributed by atoms with Crippen LogP contribution in [-0.2, 0) is 0 Å². The van der Waals surface area contributed by atoms with Gasteiger partial charge in [-0.2, -0.15) is 10.1 Å². The van der Waals surface area contributed by atoms with E-state index in [1.165, 1.54) is 0 Å². The monoisotopic (exact) mass is 296 g/mol. The smallest absolute Gasteiger partial charge is 0.276 e. The number of hydrogen-bond donors (Lipinski definition) is 3. The van der Waals surface area contributed by atoms with Crippen LogP contribution in [0.2, 0.25) is 0 Å². The first-order valence-electron chi connectivity index (χ1n) is 6.98. The molecule has 0 atom stereocenters. The number of aromatic amines is 2. The van der Waals surface area contributed by atoms with Gasteiger partial charge in [-0.25, -0.2) is 0 Å². The fourth-order valence-electron chi connectivity index (χ4n) is 1.95. The van der Waals surface area contributed by atoms with E-state index in [0.717, 1.165) is 11.4 Å². The van der Waals surface area contributed by atoms with Crippen LogP contribution in [0.3, 0.4) is 0 Å². The van der Waals surface area contributed by atoms with Gasteiger partial charge >= 0.3 is 0 Å². The highest BCUT2D eigenvalue weighted by Gasteiger charge is 2.14. The van der Waals surface area contributed by atoms with Crippen LogP contribution >= 0.6 is 0 Å². The Hall–Kier alpha value is -2.96. The second kappa shape index (κ2) is 5.80. The van der Waals surface area contributed by atoms with Crippen LogP contribution in [0.5, 0.6) is 0 Å². The largest absolute Gasteiger partial charge is 0.288 e. The minimum atomic E-state index is -0.330. The molecule has 0 aliphatic rings. The second-order valence-electron chi connectivity index (χ2n) is 5.19. The number of nitrogens with one attached hydrogen (secondary N) is 3. The predicted molar refractivity (Wildman–Crippen MR) is 82.4 cm³/mol. The van der Waals surface area contributed by atoms with Gasteiger partial charge in [0.05, 0.1) is 5.69 Å². The summed E-state index contributed by atoms with van der Waals surface area (Å²) in [6.07, 6.45) is 0. The van der Waals surface area contributed by atoms with Crippen molar-refractivity contribution in [2.75, 3.05) is 5.32 Å². The molecule has 0 fully saturated rings. The fraction of sp³-hybridized carbons (Fsp3) is 0.200. The molecule has 3 rings (SSSR count). The summed E-state index contributed by atoms with van der Waals surface area (Å²) in [5, 5.41) is 16.3. The lowest BCUT2D eigenvalue weighted by Crippen LogP contribution is -2.13. The van der Waals surface area contributed by atoms with Crippen LogP contribution in [-0.4, -0.2) is 31.3 Å². The molecule has 0 saturated heterocycles. The molecule has 0 radical (unpaired) electrons. The van der Waals surface area contributed by atoms with Gasteiger partial charge in [0.2, 0.25) is 5.95 Å². The highest BCUT2D eigenvalue weighted by molar-refractivity contribution is 6.02. The Morgan fingerprint density at radius 3 is 2.59 bits per heavy atom. The third-order valence-electron chi connectivity index (χ3n) is 3.17. The number of anilines is 1. The Morgan fingerprint density at radius 1 is 1.14 bits per heavy atom. The topological polar surface area (TPSA) is 99.3 Å². The van der Waals surface area contributed by atoms with Crippen molar-refractivity contribution in [3.05, 3.63) is 47.9 Å². The van der Waals surface area contributed by atoms with Crippen LogP contribution < -0.4 is 5.32 Å². The van der Waals surface area contributed by atoms with Crippen molar-refractivity contribution in [3.8, 4) is 11.3 Å². The van der Waals surface area contributed by atoms with E-state index in [0.29, 0.717) is 11.4 Å². The Kier molecular flexibility index (Phi) is 3.69. The molecule has 22 heavy (non-hydrogen) atoms. The number of nitrogens with zero attached hydrogens (tertiary/aromatic N) is 3. The minimum absolute atomic E-state index is 0.218. The van der Waals surface area contributed by atoms with Crippen LogP contribution in [0.4, 0.5) is 5.95 Å². The van der Waals surface area contributed by atoms with Crippen molar-refractivity contribution >= 4 is 11.9 Å². The molecule has 0 aliphatic heterocycles. The van der Waals surface area contributed by atoms with E-state index in [2.05, 4.69) is 30.7 Å². The molecule has 0 aliphatic carbocycles. The minimum Gasteiger partial charge on any atom is -0.288 e. The van der Waals surface area contributed by atoms with Gasteiger partial charge in [-0.05, 0) is 6.07 Å². The molecule has 0 unspecified atom stereocenters. The number of rotatable bonds is 4. The molecule has 7 heteroatoms. The summed E-state index contributed by atoms with van der Waals surface area (Å²) >= 11 is 0. The van der Waals surface area contributed by atoms with E-state index in [4.69, 9.17) is 0 Å². The van der Waals surface area contributed by atoms with Crippen molar-refractivity contribution in [1.29, 1.82) is 0 Å². The average molecular weight is 296 g/mol. The zero-order valence-electron chi connectivity index (χ0n) is 12.3. The molecule has 1 aromatic carbocycles. The van der Waals surface area contributed by atoms with E-state index in [9.17, 15) is 4.79 Å². The van der Waals surface area contributed by atoms with Crippen LogP contribution in [0.1, 0.15) is 36.1 Å². The number of aromatic nitrogens is 5. The van der Waals surface area contributed by atoms with Gasteiger partial charge in [0, 0.05) is 11.5 Å². The molecule has 0 bridgehead atoms. The van der Waals surface area contributed by atoms with Gasteiger partial charge < -0.3 is 0 Å². The Morgan fingerprint density at radius 2 is 1.91 bits per heavy atom. The van der Waals surface area contributed by atoms with E-state index < -0.39 is 0 Å². The SMILES string of the molecule is CC(C)c1nc(NC(=O)c2cc(-c3ccccc3)n[nH]2)n[nH]1. The summed E-state index contributed by atoms with van der Waals surface area (Å²) in [5.41, 5.74) is 2.01. The van der Waals surface area contributed by atoms with E-state index in [1.807, 2.05) is 44.2 Å². The first-order valence-corrected chi connectivity index (χ1v) is 6.98. The third kappa shape index (κ3) is 2.88. The van der Waals surface area contributed by atoms with Crippen molar-refractivity contribution in [2.24, 2.45) is 0 Å². The lowest BCUT2D eigenvalue weighted by molar-refractivity contribution is 0.102. The molecule has 3 aromatic rings. The third-order valence-corrected chi connectivity index (χ3v) is 3.17. The van der Waals surface area contributed by atoms with Crippen molar-refractivity contribution in [2.45, 2.75) is 19.8 Å². The molecule has 112 valence electrons. The molecule has 0 saturated carbocycles. The zero-order chi connectivity index (χ0) is 15.5. The van der Waals surface area contributed by atoms with E-state index in [-0.39, 0.29) is 17.8 Å². The van der Waals surface area contributed by atoms with Gasteiger partial charge in [-0.15, -0.1) is 5.10 Å². The Balaban J connectivity index is 1.74. The Labute approximate surface area is 127 Å². The first-order chi connectivity index (χ1) is 10.6. The highest BCUT2D eigenvalue weighted by atomic mass is 16.2. The molecular formula is C15H16N6O. The molecular weight excluding hydrogens is 280 g/mol. The van der Waals surface area contributed by atoms with Gasteiger partial charge in [-0.1, -0.05) is 44.2 Å². The Bertz CT molecular complexity index is 774. The standard InChI is InChI=1S/C15H16N6O/c1-9(2)13-16-15(21-20-13)17-14(22)12-8-11(18-19-12)10-6-4-3-5-7-10/h3-9H,1-2H3,(H,18,19)(H2,16,17,20,21,22). The van der Waals surface area contributed by atoms with Crippen molar-refractivity contribution in [3.63, 3.8) is 0 Å². The number of carbonyl (C=O) groups excluding carboxylic acids is 1. The lowest BCUT2D eigenvalue weighted by atomic mass is 10.1. The quantitative estimate of drug-likeness (QED) is 0.689. The summed E-state index contributed by atoms with van der Waals surface area (Å²) in [6.45, 7) is 3.99. The van der Waals surface area contributed by atoms with Crippen molar-refractivity contribution in [1.82, 2.24) is 25.4 Å². The summed E-state index contributed by atoms with van der Waals surface area (Å²) in [7, 11) is 0. The molecule has 3 N–H and O–H groups in total. The van der Waals surface area contributed by atoms with Gasteiger partial charge in [-0.3, -0.25) is 20.3 Å². The van der Waals surface area contributed by atoms with E-state index in [1.54, 1.807) is 6.07 Å². The van der Waals surface area contributed by atoms with E-state index >= 15 is 0 Å². The van der Waals surface area contributed by atoms with Gasteiger partial charge in [0.25, 0.3) is 5.91 Å². The summed E-state index contributed by atoms with van der Waals surface area (Å²) in [6, 6.07) is 11.3.